The largest absolute Gasteiger partial charge is 0.394 e. The zero-order chi connectivity index (χ0) is 16.9. The van der Waals surface area contributed by atoms with Gasteiger partial charge in [-0.2, -0.15) is 0 Å². The number of benzene rings is 1. The van der Waals surface area contributed by atoms with Gasteiger partial charge in [-0.05, 0) is 29.8 Å². The Bertz CT molecular complexity index is 758. The Kier molecular flexibility index (Phi) is 5.46. The zero-order valence-electron chi connectivity index (χ0n) is 12.6. The van der Waals surface area contributed by atoms with E-state index in [0.717, 1.165) is 0 Å². The van der Waals surface area contributed by atoms with E-state index in [1.54, 1.807) is 37.4 Å². The van der Waals surface area contributed by atoms with Gasteiger partial charge in [-0.1, -0.05) is 19.1 Å². The predicted molar refractivity (Wildman–Crippen MR) is 85.7 cm³/mol. The number of aliphatic hydroxyl groups is 1. The Hall–Kier alpha value is -2.25. The number of carbonyl (C=O) groups is 1. The molecule has 1 aromatic carbocycles. The van der Waals surface area contributed by atoms with E-state index < -0.39 is 15.9 Å². The summed E-state index contributed by atoms with van der Waals surface area (Å²) in [5.41, 5.74) is 1.01. The first-order chi connectivity index (χ1) is 11.0. The van der Waals surface area contributed by atoms with Crippen LogP contribution in [0.25, 0.3) is 0 Å². The molecular formula is C16H18N2O4S. The SMILES string of the molecule is CCS(=O)(=O)c1ccc([C@H](CO)NC(=O)c2cccnc2)cc1. The number of nitrogens with one attached hydrogen (secondary N) is 1. The Morgan fingerprint density at radius 3 is 2.48 bits per heavy atom. The van der Waals surface area contributed by atoms with Gasteiger partial charge in [-0.15, -0.1) is 0 Å². The molecule has 0 spiro atoms. The van der Waals surface area contributed by atoms with Crippen LogP contribution in [0, 0.1) is 0 Å². The van der Waals surface area contributed by atoms with Crippen LogP contribution in [0.3, 0.4) is 0 Å². The van der Waals surface area contributed by atoms with Crippen molar-refractivity contribution in [2.45, 2.75) is 17.9 Å². The molecule has 0 radical (unpaired) electrons. The third kappa shape index (κ3) is 4.14. The van der Waals surface area contributed by atoms with Crippen molar-refractivity contribution >= 4 is 15.7 Å². The van der Waals surface area contributed by atoms with Crippen LogP contribution in [-0.2, 0) is 9.84 Å². The van der Waals surface area contributed by atoms with Crippen molar-refractivity contribution in [3.63, 3.8) is 0 Å². The molecule has 1 atom stereocenters. The molecule has 2 rings (SSSR count). The number of aliphatic hydroxyl groups excluding tert-OH is 1. The molecular weight excluding hydrogens is 316 g/mol. The van der Waals surface area contributed by atoms with Crippen molar-refractivity contribution in [1.82, 2.24) is 10.3 Å². The molecule has 23 heavy (non-hydrogen) atoms. The summed E-state index contributed by atoms with van der Waals surface area (Å²) in [6.45, 7) is 1.28. The van der Waals surface area contributed by atoms with Gasteiger partial charge in [0.25, 0.3) is 5.91 Å². The van der Waals surface area contributed by atoms with E-state index in [0.29, 0.717) is 11.1 Å². The normalized spacial score (nSPS) is 12.6. The third-order valence-corrected chi connectivity index (χ3v) is 5.18. The lowest BCUT2D eigenvalue weighted by Crippen LogP contribution is -2.30. The van der Waals surface area contributed by atoms with E-state index in [1.807, 2.05) is 0 Å². The number of amides is 1. The average Bonchev–Trinajstić information content (AvgIpc) is 2.60. The highest BCUT2D eigenvalue weighted by atomic mass is 32.2. The molecule has 0 aliphatic carbocycles. The van der Waals surface area contributed by atoms with Gasteiger partial charge >= 0.3 is 0 Å². The lowest BCUT2D eigenvalue weighted by Gasteiger charge is -2.17. The molecule has 1 heterocycles. The van der Waals surface area contributed by atoms with Gasteiger partial charge in [0.15, 0.2) is 9.84 Å². The van der Waals surface area contributed by atoms with Crippen molar-refractivity contribution in [3.05, 3.63) is 59.9 Å². The molecule has 0 fully saturated rings. The van der Waals surface area contributed by atoms with Gasteiger partial charge in [-0.25, -0.2) is 8.42 Å². The Labute approximate surface area is 135 Å². The van der Waals surface area contributed by atoms with Gasteiger partial charge in [0.05, 0.1) is 28.9 Å². The molecule has 0 unspecified atom stereocenters. The lowest BCUT2D eigenvalue weighted by molar-refractivity contribution is 0.0916. The molecule has 6 nitrogen and oxygen atoms in total. The van der Waals surface area contributed by atoms with Crippen molar-refractivity contribution in [2.24, 2.45) is 0 Å². The first-order valence-corrected chi connectivity index (χ1v) is 8.77. The van der Waals surface area contributed by atoms with Gasteiger partial charge in [0.2, 0.25) is 0 Å². The molecule has 7 heteroatoms. The van der Waals surface area contributed by atoms with E-state index in [-0.39, 0.29) is 23.2 Å². The van der Waals surface area contributed by atoms with Crippen molar-refractivity contribution in [1.29, 1.82) is 0 Å². The minimum absolute atomic E-state index is 0.0213. The number of pyridine rings is 1. The first-order valence-electron chi connectivity index (χ1n) is 7.12. The maximum absolute atomic E-state index is 12.1. The van der Waals surface area contributed by atoms with E-state index >= 15 is 0 Å². The summed E-state index contributed by atoms with van der Waals surface area (Å²) in [6.07, 6.45) is 2.99. The van der Waals surface area contributed by atoms with Crippen LogP contribution in [0.2, 0.25) is 0 Å². The number of carbonyl (C=O) groups excluding carboxylic acids is 1. The molecule has 0 saturated heterocycles. The molecule has 0 aliphatic heterocycles. The number of hydrogen-bond acceptors (Lipinski definition) is 5. The second kappa shape index (κ2) is 7.34. The number of hydrogen-bond donors (Lipinski definition) is 2. The van der Waals surface area contributed by atoms with Gasteiger partial charge < -0.3 is 10.4 Å². The third-order valence-electron chi connectivity index (χ3n) is 3.43. The Balaban J connectivity index is 2.17. The lowest BCUT2D eigenvalue weighted by atomic mass is 10.1. The van der Waals surface area contributed by atoms with Crippen molar-refractivity contribution in [2.75, 3.05) is 12.4 Å². The number of aromatic nitrogens is 1. The molecule has 1 amide bonds. The van der Waals surface area contributed by atoms with Gasteiger partial charge in [0, 0.05) is 12.4 Å². The average molecular weight is 334 g/mol. The second-order valence-corrected chi connectivity index (χ2v) is 7.20. The van der Waals surface area contributed by atoms with Crippen LogP contribution < -0.4 is 5.32 Å². The van der Waals surface area contributed by atoms with E-state index in [1.165, 1.54) is 18.3 Å². The Morgan fingerprint density at radius 1 is 1.26 bits per heavy atom. The number of rotatable bonds is 6. The maximum atomic E-state index is 12.1. The molecule has 0 bridgehead atoms. The highest BCUT2D eigenvalue weighted by Crippen LogP contribution is 2.18. The second-order valence-electron chi connectivity index (χ2n) is 4.92. The molecule has 2 N–H and O–H groups in total. The van der Waals surface area contributed by atoms with E-state index in [9.17, 15) is 18.3 Å². The summed E-state index contributed by atoms with van der Waals surface area (Å²) >= 11 is 0. The smallest absolute Gasteiger partial charge is 0.253 e. The van der Waals surface area contributed by atoms with Crippen molar-refractivity contribution < 1.29 is 18.3 Å². The Morgan fingerprint density at radius 2 is 1.96 bits per heavy atom. The highest BCUT2D eigenvalue weighted by Gasteiger charge is 2.17. The highest BCUT2D eigenvalue weighted by molar-refractivity contribution is 7.91. The minimum atomic E-state index is -3.27. The summed E-state index contributed by atoms with van der Waals surface area (Å²) in [6, 6.07) is 8.78. The zero-order valence-corrected chi connectivity index (χ0v) is 13.5. The molecule has 122 valence electrons. The quantitative estimate of drug-likeness (QED) is 0.831. The molecule has 0 saturated carbocycles. The summed E-state index contributed by atoms with van der Waals surface area (Å²) < 4.78 is 23.6. The first kappa shape index (κ1) is 17.1. The fourth-order valence-corrected chi connectivity index (χ4v) is 2.93. The maximum Gasteiger partial charge on any atom is 0.253 e. The summed E-state index contributed by atoms with van der Waals surface area (Å²) in [4.78, 5) is 16.2. The van der Waals surface area contributed by atoms with Gasteiger partial charge in [-0.3, -0.25) is 9.78 Å². The summed E-state index contributed by atoms with van der Waals surface area (Å²) in [5, 5.41) is 12.2. The standard InChI is InChI=1S/C16H18N2O4S/c1-2-23(21,22)14-7-5-12(6-8-14)15(11-19)18-16(20)13-4-3-9-17-10-13/h3-10,15,19H,2,11H2,1H3,(H,18,20)/t15-/m0/s1. The molecule has 2 aromatic rings. The topological polar surface area (TPSA) is 96.4 Å². The number of nitrogens with zero attached hydrogens (tertiary/aromatic N) is 1. The van der Waals surface area contributed by atoms with E-state index in [2.05, 4.69) is 10.3 Å². The van der Waals surface area contributed by atoms with Crippen molar-refractivity contribution in [3.8, 4) is 0 Å². The monoisotopic (exact) mass is 334 g/mol. The summed E-state index contributed by atoms with van der Waals surface area (Å²) in [7, 11) is -3.27. The molecule has 0 aliphatic rings. The van der Waals surface area contributed by atoms with E-state index in [4.69, 9.17) is 0 Å². The minimum Gasteiger partial charge on any atom is -0.394 e. The van der Waals surface area contributed by atoms with Crippen LogP contribution >= 0.6 is 0 Å². The van der Waals surface area contributed by atoms with Crippen LogP contribution in [0.1, 0.15) is 28.9 Å². The van der Waals surface area contributed by atoms with Crippen LogP contribution in [0.15, 0.2) is 53.7 Å². The van der Waals surface area contributed by atoms with Gasteiger partial charge in [0.1, 0.15) is 0 Å². The fraction of sp³-hybridized carbons (Fsp3) is 0.250. The number of sulfone groups is 1. The molecule has 1 aromatic heterocycles. The van der Waals surface area contributed by atoms with Crippen LogP contribution in [-0.4, -0.2) is 36.8 Å². The fourth-order valence-electron chi connectivity index (χ4n) is 2.05. The summed E-state index contributed by atoms with van der Waals surface area (Å²) in [5.74, 6) is -0.338. The predicted octanol–water partition coefficient (Wildman–Crippen LogP) is 1.34. The van der Waals surface area contributed by atoms with Crippen LogP contribution in [0.5, 0.6) is 0 Å². The van der Waals surface area contributed by atoms with Crippen LogP contribution in [0.4, 0.5) is 0 Å².